The van der Waals surface area contributed by atoms with Gasteiger partial charge in [-0.2, -0.15) is 13.2 Å². The van der Waals surface area contributed by atoms with Gasteiger partial charge < -0.3 is 30.3 Å². The van der Waals surface area contributed by atoms with E-state index in [9.17, 15) is 41.1 Å². The lowest BCUT2D eigenvalue weighted by atomic mass is 10.1. The molecule has 4 rings (SSSR count). The van der Waals surface area contributed by atoms with Crippen LogP contribution in [0.25, 0.3) is 0 Å². The third kappa shape index (κ3) is 15.3. The number of nitrogens with one attached hydrogen (secondary N) is 2. The van der Waals surface area contributed by atoms with Crippen molar-refractivity contribution >= 4 is 98.8 Å². The van der Waals surface area contributed by atoms with Gasteiger partial charge in [0.15, 0.2) is 0 Å². The molecular formula is C38H33Br4F5N2O8. The molecule has 0 saturated carbocycles. The van der Waals surface area contributed by atoms with Crippen molar-refractivity contribution in [3.63, 3.8) is 0 Å². The second kappa shape index (κ2) is 21.1. The van der Waals surface area contributed by atoms with E-state index in [1.165, 1.54) is 32.0 Å². The van der Waals surface area contributed by atoms with Gasteiger partial charge >= 0.3 is 18.1 Å². The second-order valence-electron chi connectivity index (χ2n) is 12.4. The molecule has 0 heterocycles. The highest BCUT2D eigenvalue weighted by Gasteiger charge is 2.31. The first kappa shape index (κ1) is 47.3. The molecule has 0 bridgehead atoms. The number of carboxylic acids is 2. The van der Waals surface area contributed by atoms with Gasteiger partial charge in [0.25, 0.3) is 0 Å². The molecule has 0 saturated heterocycles. The van der Waals surface area contributed by atoms with E-state index < -0.39 is 41.9 Å². The molecule has 0 aliphatic rings. The van der Waals surface area contributed by atoms with E-state index in [1.807, 2.05) is 25.1 Å². The number of benzene rings is 4. The molecule has 0 radical (unpaired) electrons. The van der Waals surface area contributed by atoms with E-state index in [2.05, 4.69) is 74.4 Å². The largest absolute Gasteiger partial charge is 0.487 e. The molecule has 0 aromatic heterocycles. The Balaban J connectivity index is 0.000000307. The maximum Gasteiger partial charge on any atom is 0.416 e. The summed E-state index contributed by atoms with van der Waals surface area (Å²) in [5.41, 5.74) is 2.65. The lowest BCUT2D eigenvalue weighted by molar-refractivity contribution is -0.143. The zero-order valence-electron chi connectivity index (χ0n) is 30.0. The van der Waals surface area contributed by atoms with Crippen LogP contribution < -0.4 is 20.1 Å². The quantitative estimate of drug-likeness (QED) is 0.0912. The summed E-state index contributed by atoms with van der Waals surface area (Å²) >= 11 is 13.2. The number of halogens is 9. The molecule has 2 unspecified atom stereocenters. The Morgan fingerprint density at radius 3 is 1.33 bits per heavy atom. The highest BCUT2D eigenvalue weighted by atomic mass is 79.9. The molecule has 306 valence electrons. The van der Waals surface area contributed by atoms with Crippen molar-refractivity contribution in [2.24, 2.45) is 0 Å². The predicted molar refractivity (Wildman–Crippen MR) is 216 cm³/mol. The van der Waals surface area contributed by atoms with Crippen molar-refractivity contribution in [2.45, 2.75) is 65.3 Å². The summed E-state index contributed by atoms with van der Waals surface area (Å²) in [5.74, 6) is -2.98. The van der Waals surface area contributed by atoms with E-state index in [0.29, 0.717) is 40.5 Å². The van der Waals surface area contributed by atoms with Crippen molar-refractivity contribution in [3.8, 4) is 11.5 Å². The zero-order valence-corrected chi connectivity index (χ0v) is 36.3. The third-order valence-corrected chi connectivity index (χ3v) is 9.70. The average Bonchev–Trinajstić information content (AvgIpc) is 3.06. The van der Waals surface area contributed by atoms with E-state index in [1.54, 1.807) is 12.1 Å². The number of hydrogen-bond donors (Lipinski definition) is 4. The van der Waals surface area contributed by atoms with Crippen molar-refractivity contribution in [2.75, 3.05) is 10.6 Å². The number of ether oxygens (including phenoxy) is 2. The minimum absolute atomic E-state index is 0.0212. The lowest BCUT2D eigenvalue weighted by Gasteiger charge is -2.15. The molecule has 4 aromatic rings. The van der Waals surface area contributed by atoms with Gasteiger partial charge in [0.1, 0.15) is 24.7 Å². The van der Waals surface area contributed by atoms with Gasteiger partial charge in [0.05, 0.1) is 23.5 Å². The molecule has 19 heteroatoms. The van der Waals surface area contributed by atoms with Gasteiger partial charge in [0.2, 0.25) is 24.2 Å². The monoisotopic (exact) mass is 1060 g/mol. The minimum atomic E-state index is -4.61. The van der Waals surface area contributed by atoms with Gasteiger partial charge in [-0.25, -0.2) is 18.4 Å². The van der Waals surface area contributed by atoms with Crippen LogP contribution in [0, 0.1) is 6.92 Å². The fourth-order valence-electron chi connectivity index (χ4n) is 5.07. The molecular weight excluding hydrogens is 1030 g/mol. The topological polar surface area (TPSA) is 151 Å². The summed E-state index contributed by atoms with van der Waals surface area (Å²) in [5, 5.41) is 22.4. The summed E-state index contributed by atoms with van der Waals surface area (Å²) in [4.78, 5) is 43.8. The summed E-state index contributed by atoms with van der Waals surface area (Å²) in [6.45, 7) is 4.55. The van der Waals surface area contributed by atoms with E-state index in [-0.39, 0.29) is 49.0 Å². The third-order valence-electron chi connectivity index (χ3n) is 7.35. The van der Waals surface area contributed by atoms with Crippen molar-refractivity contribution in [3.05, 3.63) is 112 Å². The van der Waals surface area contributed by atoms with Crippen LogP contribution in [0.3, 0.4) is 0 Å². The van der Waals surface area contributed by atoms with E-state index in [0.717, 1.165) is 23.3 Å². The van der Waals surface area contributed by atoms with Crippen molar-refractivity contribution < 1.29 is 60.8 Å². The Bertz CT molecular complexity index is 2090. The molecule has 2 amide bonds. The van der Waals surface area contributed by atoms with Gasteiger partial charge in [-0.1, -0.05) is 6.07 Å². The number of aliphatic carboxylic acids is 2. The fraction of sp³-hybridized carbons (Fsp3) is 0.263. The molecule has 0 aliphatic heterocycles. The maximum atomic E-state index is 13.4. The number of aryl methyl sites for hydroxylation is 1. The molecule has 4 N–H and O–H groups in total. The number of carbonyl (C=O) groups is 4. The highest BCUT2D eigenvalue weighted by Crippen LogP contribution is 2.38. The molecule has 57 heavy (non-hydrogen) atoms. The van der Waals surface area contributed by atoms with Crippen molar-refractivity contribution in [1.29, 1.82) is 0 Å². The van der Waals surface area contributed by atoms with Crippen LogP contribution in [0.4, 0.5) is 33.3 Å². The molecule has 0 aliphatic carbocycles. The Morgan fingerprint density at radius 2 is 0.982 bits per heavy atom. The van der Waals surface area contributed by atoms with Crippen LogP contribution in [0.5, 0.6) is 11.5 Å². The predicted octanol–water partition coefficient (Wildman–Crippen LogP) is 10.8. The number of anilines is 2. The number of amides is 2. The SMILES string of the molecule is CC(=O)Nc1cc(C)cc(COc2c(Br)cc(CC(F)C(=O)O)cc2Br)c1.CC(=O)Nc1cc(COc2c(Br)cc(CC(F)C(=O)O)cc2Br)cc(C(F)(F)F)c1. The first-order valence-electron chi connectivity index (χ1n) is 16.3. The van der Waals surface area contributed by atoms with Gasteiger partial charge in [-0.15, -0.1) is 0 Å². The average molecular weight is 1060 g/mol. The molecule has 0 spiro atoms. The number of alkyl halides is 5. The maximum absolute atomic E-state index is 13.4. The Morgan fingerprint density at radius 1 is 0.614 bits per heavy atom. The van der Waals surface area contributed by atoms with Crippen molar-refractivity contribution in [1.82, 2.24) is 0 Å². The summed E-state index contributed by atoms with van der Waals surface area (Å²) in [6, 6.07) is 14.9. The Hall–Kier alpha value is -4.07. The number of carboxylic acid groups (broad SMARTS) is 2. The lowest BCUT2D eigenvalue weighted by Crippen LogP contribution is -2.17. The van der Waals surface area contributed by atoms with Crippen LogP contribution in [0.2, 0.25) is 0 Å². The number of rotatable bonds is 14. The van der Waals surface area contributed by atoms with Gasteiger partial charge in [-0.05, 0) is 153 Å². The Kier molecular flexibility index (Phi) is 17.5. The molecule has 2 atom stereocenters. The zero-order chi connectivity index (χ0) is 42.8. The normalized spacial score (nSPS) is 12.1. The van der Waals surface area contributed by atoms with Gasteiger partial charge in [-0.3, -0.25) is 9.59 Å². The molecule has 0 fully saturated rings. The van der Waals surface area contributed by atoms with Crippen LogP contribution in [0.15, 0.2) is 78.6 Å². The first-order chi connectivity index (χ1) is 26.5. The van der Waals surface area contributed by atoms with Crippen LogP contribution in [-0.4, -0.2) is 46.3 Å². The minimum Gasteiger partial charge on any atom is -0.487 e. The molecule has 4 aromatic carbocycles. The first-order valence-corrected chi connectivity index (χ1v) is 19.5. The van der Waals surface area contributed by atoms with Crippen LogP contribution in [0.1, 0.15) is 47.2 Å². The van der Waals surface area contributed by atoms with Crippen LogP contribution >= 0.6 is 63.7 Å². The Labute approximate surface area is 357 Å². The highest BCUT2D eigenvalue weighted by molar-refractivity contribution is 9.11. The fourth-order valence-corrected chi connectivity index (χ4v) is 8.09. The second-order valence-corrected chi connectivity index (χ2v) is 15.8. The smallest absolute Gasteiger partial charge is 0.416 e. The van der Waals surface area contributed by atoms with E-state index in [4.69, 9.17) is 19.7 Å². The number of hydrogen-bond acceptors (Lipinski definition) is 6. The van der Waals surface area contributed by atoms with Gasteiger partial charge in [0, 0.05) is 38.1 Å². The number of carbonyl (C=O) groups excluding carboxylic acids is 2. The molecule has 10 nitrogen and oxygen atoms in total. The standard InChI is InChI=1S/C19H15Br2F4NO4.C19H18Br2FNO4/c1-9(27)26-13-3-11(2-12(7-13)19(23,24)25)8-30-17-14(20)4-10(5-15(17)21)6-16(22)18(28)29;1-10-3-13(5-14(4-10)23-11(2)24)9-27-18-15(20)6-12(7-16(18)21)8-17(22)19(25)26/h2-5,7,16H,6,8H2,1H3,(H,26,27)(H,28,29);3-7,17H,8-9H2,1-2H3,(H,23,24)(H,25,26). The van der Waals surface area contributed by atoms with E-state index >= 15 is 0 Å². The van der Waals surface area contributed by atoms with Crippen LogP contribution in [-0.2, 0) is 51.4 Å². The summed E-state index contributed by atoms with van der Waals surface area (Å²) in [6.07, 6.45) is -9.24. The summed E-state index contributed by atoms with van der Waals surface area (Å²) in [7, 11) is 0. The summed E-state index contributed by atoms with van der Waals surface area (Å²) < 4.78 is 79.6.